The Morgan fingerprint density at radius 1 is 0.614 bits per heavy atom. The number of benzene rings is 7. The molecule has 3 heteroatoms. The summed E-state index contributed by atoms with van der Waals surface area (Å²) in [7, 11) is 0. The fraction of sp³-hybridized carbons (Fsp3) is 0.0244. The SMILES string of the molecule is N#Cc1ccc(-c2cccc(/C(=C/C(N)c3ccccc3)N=Cc3c4ccccc4cc4c3ccc3ccccc34)c2)cc1. The molecule has 0 aliphatic carbocycles. The van der Waals surface area contributed by atoms with E-state index in [9.17, 15) is 5.26 Å². The predicted octanol–water partition coefficient (Wildman–Crippen LogP) is 9.84. The van der Waals surface area contributed by atoms with Crippen molar-refractivity contribution in [3.63, 3.8) is 0 Å². The molecule has 0 radical (unpaired) electrons. The van der Waals surface area contributed by atoms with E-state index in [2.05, 4.69) is 91.0 Å². The fourth-order valence-corrected chi connectivity index (χ4v) is 5.88. The molecule has 0 fully saturated rings. The molecule has 1 unspecified atom stereocenters. The number of hydrogen-bond donors (Lipinski definition) is 1. The highest BCUT2D eigenvalue weighted by atomic mass is 14.7. The van der Waals surface area contributed by atoms with Crippen molar-refractivity contribution in [3.05, 3.63) is 174 Å². The van der Waals surface area contributed by atoms with Gasteiger partial charge in [-0.05, 0) is 79.3 Å². The number of nitrogens with zero attached hydrogens (tertiary/aromatic N) is 2. The van der Waals surface area contributed by atoms with Gasteiger partial charge in [-0.25, -0.2) is 0 Å². The second-order valence-electron chi connectivity index (χ2n) is 10.9. The maximum atomic E-state index is 9.25. The molecule has 208 valence electrons. The van der Waals surface area contributed by atoms with Crippen LogP contribution < -0.4 is 5.73 Å². The Bertz CT molecular complexity index is 2240. The number of aliphatic imine (C=N–C) groups is 1. The van der Waals surface area contributed by atoms with Crippen LogP contribution in [0.1, 0.15) is 28.3 Å². The Morgan fingerprint density at radius 2 is 1.34 bits per heavy atom. The summed E-state index contributed by atoms with van der Waals surface area (Å²) in [6.07, 6.45) is 4.03. The van der Waals surface area contributed by atoms with E-state index in [1.54, 1.807) is 0 Å². The van der Waals surface area contributed by atoms with E-state index in [0.29, 0.717) is 5.56 Å². The second-order valence-corrected chi connectivity index (χ2v) is 10.9. The van der Waals surface area contributed by atoms with E-state index >= 15 is 0 Å². The third-order valence-corrected chi connectivity index (χ3v) is 8.17. The zero-order valence-electron chi connectivity index (χ0n) is 24.1. The first-order valence-electron chi connectivity index (χ1n) is 14.7. The fourth-order valence-electron chi connectivity index (χ4n) is 5.88. The van der Waals surface area contributed by atoms with Gasteiger partial charge in [0.1, 0.15) is 0 Å². The van der Waals surface area contributed by atoms with E-state index in [1.807, 2.05) is 73.0 Å². The number of nitrogens with two attached hydrogens (primary N) is 1. The zero-order chi connectivity index (χ0) is 29.9. The van der Waals surface area contributed by atoms with Crippen LogP contribution in [0.2, 0.25) is 0 Å². The van der Waals surface area contributed by atoms with Crippen LogP contribution in [0.5, 0.6) is 0 Å². The molecule has 44 heavy (non-hydrogen) atoms. The molecule has 0 bridgehead atoms. The van der Waals surface area contributed by atoms with Gasteiger partial charge in [0.25, 0.3) is 0 Å². The summed E-state index contributed by atoms with van der Waals surface area (Å²) in [5.41, 5.74) is 13.3. The van der Waals surface area contributed by atoms with Crippen LogP contribution in [0.4, 0.5) is 0 Å². The van der Waals surface area contributed by atoms with Crippen LogP contribution in [0.3, 0.4) is 0 Å². The molecule has 0 aliphatic rings. The topological polar surface area (TPSA) is 62.2 Å². The maximum absolute atomic E-state index is 9.25. The minimum absolute atomic E-state index is 0.338. The van der Waals surface area contributed by atoms with E-state index in [1.165, 1.54) is 21.5 Å². The molecule has 0 heterocycles. The van der Waals surface area contributed by atoms with Crippen LogP contribution >= 0.6 is 0 Å². The van der Waals surface area contributed by atoms with Gasteiger partial charge < -0.3 is 5.73 Å². The normalized spacial score (nSPS) is 12.6. The van der Waals surface area contributed by atoms with Crippen molar-refractivity contribution in [3.8, 4) is 17.2 Å². The van der Waals surface area contributed by atoms with E-state index < -0.39 is 0 Å². The van der Waals surface area contributed by atoms with Crippen molar-refractivity contribution in [2.75, 3.05) is 0 Å². The van der Waals surface area contributed by atoms with Gasteiger partial charge in [-0.3, -0.25) is 4.99 Å². The van der Waals surface area contributed by atoms with Gasteiger partial charge in [0, 0.05) is 17.3 Å². The van der Waals surface area contributed by atoms with Crippen LogP contribution in [0.15, 0.2) is 157 Å². The average Bonchev–Trinajstić information content (AvgIpc) is 3.09. The molecule has 7 aromatic carbocycles. The highest BCUT2D eigenvalue weighted by Crippen LogP contribution is 2.33. The number of nitriles is 1. The summed E-state index contributed by atoms with van der Waals surface area (Å²) < 4.78 is 0. The minimum atomic E-state index is -0.338. The van der Waals surface area contributed by atoms with Crippen molar-refractivity contribution in [2.24, 2.45) is 10.7 Å². The van der Waals surface area contributed by atoms with Gasteiger partial charge in [-0.15, -0.1) is 0 Å². The minimum Gasteiger partial charge on any atom is -0.321 e. The van der Waals surface area contributed by atoms with Crippen molar-refractivity contribution >= 4 is 44.2 Å². The molecule has 0 saturated carbocycles. The van der Waals surface area contributed by atoms with Gasteiger partial charge in [-0.1, -0.05) is 121 Å². The molecule has 1 atom stereocenters. The lowest BCUT2D eigenvalue weighted by Gasteiger charge is -2.13. The van der Waals surface area contributed by atoms with Gasteiger partial charge in [0.15, 0.2) is 0 Å². The lowest BCUT2D eigenvalue weighted by Crippen LogP contribution is -2.07. The Balaban J connectivity index is 1.40. The van der Waals surface area contributed by atoms with Crippen LogP contribution in [-0.2, 0) is 0 Å². The van der Waals surface area contributed by atoms with Crippen LogP contribution in [0.25, 0.3) is 49.1 Å². The molecule has 0 amide bonds. The molecule has 0 saturated heterocycles. The Morgan fingerprint density at radius 3 is 2.14 bits per heavy atom. The summed E-state index contributed by atoms with van der Waals surface area (Å²) in [4.78, 5) is 5.19. The molecule has 3 nitrogen and oxygen atoms in total. The Hall–Kier alpha value is -5.82. The number of fused-ring (bicyclic) bond motifs is 4. The Kier molecular flexibility index (Phi) is 7.26. The van der Waals surface area contributed by atoms with E-state index in [4.69, 9.17) is 10.7 Å². The first kappa shape index (κ1) is 27.0. The maximum Gasteiger partial charge on any atom is 0.0991 e. The molecule has 2 N–H and O–H groups in total. The van der Waals surface area contributed by atoms with Crippen molar-refractivity contribution in [1.29, 1.82) is 5.26 Å². The largest absolute Gasteiger partial charge is 0.321 e. The zero-order valence-corrected chi connectivity index (χ0v) is 24.1. The van der Waals surface area contributed by atoms with Crippen molar-refractivity contribution in [1.82, 2.24) is 0 Å². The first-order valence-corrected chi connectivity index (χ1v) is 14.7. The lowest BCUT2D eigenvalue weighted by molar-refractivity contribution is 0.911. The van der Waals surface area contributed by atoms with Crippen LogP contribution in [0, 0.1) is 11.3 Å². The molecule has 0 aromatic heterocycles. The molecular formula is C41H29N3. The first-order chi connectivity index (χ1) is 21.7. The molecule has 7 aromatic rings. The summed E-state index contributed by atoms with van der Waals surface area (Å²) >= 11 is 0. The molecule has 0 spiro atoms. The van der Waals surface area contributed by atoms with E-state index in [-0.39, 0.29) is 6.04 Å². The lowest BCUT2D eigenvalue weighted by atomic mass is 9.94. The van der Waals surface area contributed by atoms with Crippen molar-refractivity contribution < 1.29 is 0 Å². The second kappa shape index (κ2) is 11.8. The highest BCUT2D eigenvalue weighted by molar-refractivity contribution is 6.20. The third kappa shape index (κ3) is 5.27. The monoisotopic (exact) mass is 563 g/mol. The number of rotatable bonds is 6. The molecule has 0 aliphatic heterocycles. The quantitative estimate of drug-likeness (QED) is 0.124. The summed E-state index contributed by atoms with van der Waals surface area (Å²) in [5.74, 6) is 0. The standard InChI is InChI=1S/C41H29N3/c42-26-28-17-19-29(20-18-28)32-13-8-14-34(23-32)41(25-40(43)31-10-2-1-3-11-31)44-27-39-36-16-7-5-12-33(36)24-38-35-15-6-4-9-30(35)21-22-37(38)39/h1-25,27,40H,43H2/b41-25-,44-27?. The predicted molar refractivity (Wildman–Crippen MR) is 184 cm³/mol. The van der Waals surface area contributed by atoms with Gasteiger partial charge >= 0.3 is 0 Å². The van der Waals surface area contributed by atoms with Crippen LogP contribution in [-0.4, -0.2) is 6.21 Å². The third-order valence-electron chi connectivity index (χ3n) is 8.17. The van der Waals surface area contributed by atoms with Gasteiger partial charge in [0.05, 0.1) is 23.4 Å². The molecular weight excluding hydrogens is 534 g/mol. The van der Waals surface area contributed by atoms with Gasteiger partial charge in [-0.2, -0.15) is 5.26 Å². The summed E-state index contributed by atoms with van der Waals surface area (Å²) in [6, 6.07) is 51.6. The number of hydrogen-bond acceptors (Lipinski definition) is 3. The Labute approximate surface area is 256 Å². The molecule has 7 rings (SSSR count). The van der Waals surface area contributed by atoms with Crippen molar-refractivity contribution in [2.45, 2.75) is 6.04 Å². The van der Waals surface area contributed by atoms with E-state index in [0.717, 1.165) is 44.3 Å². The summed E-state index contributed by atoms with van der Waals surface area (Å²) in [6.45, 7) is 0. The highest BCUT2D eigenvalue weighted by Gasteiger charge is 2.12. The summed E-state index contributed by atoms with van der Waals surface area (Å²) in [5, 5.41) is 16.4. The smallest absolute Gasteiger partial charge is 0.0991 e. The van der Waals surface area contributed by atoms with Gasteiger partial charge in [0.2, 0.25) is 0 Å². The average molecular weight is 564 g/mol.